The van der Waals surface area contributed by atoms with Crippen molar-refractivity contribution < 1.29 is 17.9 Å². The van der Waals surface area contributed by atoms with Gasteiger partial charge in [-0.2, -0.15) is 0 Å². The van der Waals surface area contributed by atoms with Gasteiger partial charge in [0.1, 0.15) is 5.75 Å². The van der Waals surface area contributed by atoms with Gasteiger partial charge in [-0.25, -0.2) is 13.2 Å². The van der Waals surface area contributed by atoms with Crippen LogP contribution in [0.2, 0.25) is 0 Å². The molecule has 0 heterocycles. The Morgan fingerprint density at radius 2 is 1.41 bits per heavy atom. The van der Waals surface area contributed by atoms with Crippen LogP contribution in [0, 0.1) is 0 Å². The zero-order chi connectivity index (χ0) is 19.3. The highest BCUT2D eigenvalue weighted by Crippen LogP contribution is 2.23. The van der Waals surface area contributed by atoms with Gasteiger partial charge in [0.25, 0.3) is 10.0 Å². The summed E-state index contributed by atoms with van der Waals surface area (Å²) in [6.45, 7) is 2.07. The lowest BCUT2D eigenvalue weighted by Gasteiger charge is -2.22. The monoisotopic (exact) mass is 381 g/mol. The van der Waals surface area contributed by atoms with Crippen molar-refractivity contribution in [1.82, 2.24) is 0 Å². The van der Waals surface area contributed by atoms with Gasteiger partial charge in [0.05, 0.1) is 16.1 Å². The van der Waals surface area contributed by atoms with Crippen LogP contribution in [-0.4, -0.2) is 20.9 Å². The van der Waals surface area contributed by atoms with Gasteiger partial charge >= 0.3 is 5.97 Å². The Hall–Kier alpha value is -3.12. The maximum Gasteiger partial charge on any atom is 0.343 e. The molecule has 3 rings (SSSR count). The van der Waals surface area contributed by atoms with E-state index in [-0.39, 0.29) is 10.5 Å². The lowest BCUT2D eigenvalue weighted by atomic mass is 10.2. The summed E-state index contributed by atoms with van der Waals surface area (Å²) in [5.74, 6) is -0.110. The molecule has 0 N–H and O–H groups in total. The second-order valence-electron chi connectivity index (χ2n) is 5.73. The Morgan fingerprint density at radius 3 is 1.96 bits per heavy atom. The molecule has 0 spiro atoms. The summed E-state index contributed by atoms with van der Waals surface area (Å²) >= 11 is 0. The van der Waals surface area contributed by atoms with Crippen molar-refractivity contribution in [2.75, 3.05) is 10.8 Å². The third kappa shape index (κ3) is 4.17. The topological polar surface area (TPSA) is 63.7 Å². The maximum absolute atomic E-state index is 12.9. The van der Waals surface area contributed by atoms with Crippen LogP contribution in [0.25, 0.3) is 0 Å². The number of benzene rings is 3. The molecule has 3 aromatic carbocycles. The summed E-state index contributed by atoms with van der Waals surface area (Å²) in [5.41, 5.74) is 0.869. The minimum Gasteiger partial charge on any atom is -0.423 e. The number of hydrogen-bond acceptors (Lipinski definition) is 4. The van der Waals surface area contributed by atoms with Crippen LogP contribution in [0.1, 0.15) is 17.3 Å². The van der Waals surface area contributed by atoms with Crippen molar-refractivity contribution in [2.45, 2.75) is 11.8 Å². The van der Waals surface area contributed by atoms with Gasteiger partial charge < -0.3 is 4.74 Å². The Bertz CT molecular complexity index is 1000. The van der Waals surface area contributed by atoms with Crippen molar-refractivity contribution in [2.24, 2.45) is 0 Å². The smallest absolute Gasteiger partial charge is 0.343 e. The highest BCUT2D eigenvalue weighted by Gasteiger charge is 2.23. The molecule has 0 saturated heterocycles. The first-order chi connectivity index (χ1) is 13.0. The Balaban J connectivity index is 1.82. The van der Waals surface area contributed by atoms with Crippen LogP contribution in [-0.2, 0) is 10.0 Å². The molecule has 0 radical (unpaired) electrons. The molecule has 3 aromatic rings. The number of para-hydroxylation sites is 2. The Morgan fingerprint density at radius 1 is 0.852 bits per heavy atom. The second kappa shape index (κ2) is 8.05. The third-order valence-corrected chi connectivity index (χ3v) is 5.88. The first kappa shape index (κ1) is 18.7. The molecular formula is C21H19NO4S. The van der Waals surface area contributed by atoms with E-state index < -0.39 is 16.0 Å². The molecule has 0 aliphatic rings. The molecule has 0 amide bonds. The quantitative estimate of drug-likeness (QED) is 0.476. The van der Waals surface area contributed by atoms with E-state index in [4.69, 9.17) is 4.74 Å². The van der Waals surface area contributed by atoms with Gasteiger partial charge in [0, 0.05) is 6.54 Å². The van der Waals surface area contributed by atoms with Crippen LogP contribution in [0.3, 0.4) is 0 Å². The van der Waals surface area contributed by atoms with E-state index in [1.54, 1.807) is 55.5 Å². The van der Waals surface area contributed by atoms with Crippen molar-refractivity contribution in [3.63, 3.8) is 0 Å². The standard InChI is InChI=1S/C21H19NO4S/c1-2-22(18-9-5-3-6-10-18)27(24,25)20-15-13-17(14-16-20)21(23)26-19-11-7-4-8-12-19/h3-16H,2H2,1H3. The molecule has 5 nitrogen and oxygen atoms in total. The van der Waals surface area contributed by atoms with Gasteiger partial charge in [0.15, 0.2) is 0 Å². The van der Waals surface area contributed by atoms with Crippen LogP contribution >= 0.6 is 0 Å². The van der Waals surface area contributed by atoms with Crippen LogP contribution in [0.5, 0.6) is 5.75 Å². The Kier molecular flexibility index (Phi) is 5.57. The zero-order valence-corrected chi connectivity index (χ0v) is 15.6. The summed E-state index contributed by atoms with van der Waals surface area (Å²) in [5, 5.41) is 0. The molecule has 0 atom stereocenters. The zero-order valence-electron chi connectivity index (χ0n) is 14.8. The number of rotatable bonds is 6. The SMILES string of the molecule is CCN(c1ccccc1)S(=O)(=O)c1ccc(C(=O)Oc2ccccc2)cc1. The summed E-state index contributed by atoms with van der Waals surface area (Å²) in [7, 11) is -3.72. The minimum absolute atomic E-state index is 0.115. The molecular weight excluding hydrogens is 362 g/mol. The maximum atomic E-state index is 12.9. The first-order valence-electron chi connectivity index (χ1n) is 8.47. The fourth-order valence-corrected chi connectivity index (χ4v) is 4.10. The fourth-order valence-electron chi connectivity index (χ4n) is 2.63. The van der Waals surface area contributed by atoms with Crippen molar-refractivity contribution in [1.29, 1.82) is 0 Å². The molecule has 0 fully saturated rings. The molecule has 0 bridgehead atoms. The predicted molar refractivity (Wildman–Crippen MR) is 104 cm³/mol. The lowest BCUT2D eigenvalue weighted by molar-refractivity contribution is 0.0734. The second-order valence-corrected chi connectivity index (χ2v) is 7.59. The molecule has 0 aliphatic carbocycles. The average Bonchev–Trinajstić information content (AvgIpc) is 2.70. The van der Waals surface area contributed by atoms with E-state index >= 15 is 0 Å². The molecule has 27 heavy (non-hydrogen) atoms. The van der Waals surface area contributed by atoms with Gasteiger partial charge in [-0.05, 0) is 55.5 Å². The summed E-state index contributed by atoms with van der Waals surface area (Å²) < 4.78 is 32.5. The number of ether oxygens (including phenoxy) is 1. The summed E-state index contributed by atoms with van der Waals surface area (Å²) in [6, 6.07) is 23.3. The van der Waals surface area contributed by atoms with Crippen LogP contribution < -0.4 is 9.04 Å². The average molecular weight is 381 g/mol. The molecule has 0 aromatic heterocycles. The van der Waals surface area contributed by atoms with Crippen molar-refractivity contribution in [3.05, 3.63) is 90.5 Å². The minimum atomic E-state index is -3.72. The Labute approximate surface area is 158 Å². The van der Waals surface area contributed by atoms with Gasteiger partial charge in [-0.3, -0.25) is 4.31 Å². The van der Waals surface area contributed by atoms with Crippen molar-refractivity contribution >= 4 is 21.7 Å². The van der Waals surface area contributed by atoms with Gasteiger partial charge in [-0.15, -0.1) is 0 Å². The van der Waals surface area contributed by atoms with Gasteiger partial charge in [-0.1, -0.05) is 36.4 Å². The largest absolute Gasteiger partial charge is 0.423 e. The van der Waals surface area contributed by atoms with E-state index in [1.807, 2.05) is 12.1 Å². The number of anilines is 1. The number of sulfonamides is 1. The number of hydrogen-bond donors (Lipinski definition) is 0. The summed E-state index contributed by atoms with van der Waals surface area (Å²) in [6.07, 6.45) is 0. The molecule has 138 valence electrons. The number of carbonyl (C=O) groups excluding carboxylic acids is 1. The predicted octanol–water partition coefficient (Wildman–Crippen LogP) is 4.12. The molecule has 0 aliphatic heterocycles. The van der Waals surface area contributed by atoms with Gasteiger partial charge in [0.2, 0.25) is 0 Å². The number of carbonyl (C=O) groups is 1. The van der Waals surface area contributed by atoms with E-state index in [0.717, 1.165) is 0 Å². The first-order valence-corrected chi connectivity index (χ1v) is 9.91. The highest BCUT2D eigenvalue weighted by molar-refractivity contribution is 7.92. The van der Waals surface area contributed by atoms with E-state index in [0.29, 0.717) is 18.0 Å². The fraction of sp³-hybridized carbons (Fsp3) is 0.0952. The number of esters is 1. The van der Waals surface area contributed by atoms with E-state index in [1.165, 1.54) is 28.6 Å². The summed E-state index contributed by atoms with van der Waals surface area (Å²) in [4.78, 5) is 12.3. The highest BCUT2D eigenvalue weighted by atomic mass is 32.2. The molecule has 0 saturated carbocycles. The van der Waals surface area contributed by atoms with E-state index in [9.17, 15) is 13.2 Å². The molecule has 0 unspecified atom stereocenters. The lowest BCUT2D eigenvalue weighted by Crippen LogP contribution is -2.30. The number of nitrogens with zero attached hydrogens (tertiary/aromatic N) is 1. The van der Waals surface area contributed by atoms with Crippen LogP contribution in [0.4, 0.5) is 5.69 Å². The third-order valence-electron chi connectivity index (χ3n) is 3.96. The molecule has 6 heteroatoms. The van der Waals surface area contributed by atoms with E-state index in [2.05, 4.69) is 0 Å². The normalized spacial score (nSPS) is 11.0. The van der Waals surface area contributed by atoms with Crippen molar-refractivity contribution in [3.8, 4) is 5.75 Å². The van der Waals surface area contributed by atoms with Crippen LogP contribution in [0.15, 0.2) is 89.8 Å².